The van der Waals surface area contributed by atoms with Crippen LogP contribution in [0, 0.1) is 93.6 Å². The number of hydrogen-bond acceptors (Lipinski definition) is 25. The van der Waals surface area contributed by atoms with Crippen LogP contribution in [0.4, 0.5) is 13.2 Å². The third kappa shape index (κ3) is 18.1. The van der Waals surface area contributed by atoms with E-state index in [0.29, 0.717) is 59.9 Å². The first-order valence-corrected chi connectivity index (χ1v) is 46.9. The third-order valence-corrected chi connectivity index (χ3v) is 29.3. The van der Waals surface area contributed by atoms with Crippen molar-refractivity contribution in [2.75, 3.05) is 31.5 Å². The lowest BCUT2D eigenvalue weighted by Gasteiger charge is -2.06. The zero-order valence-corrected chi connectivity index (χ0v) is 73.7. The Labute approximate surface area is 697 Å². The smallest absolute Gasteiger partial charge is 0.255 e. The SMILES string of the molecule is CCOc1nn2c(C)cc(C)nc2c1S(=O)(=O)c1ccc(F)cc1.CCSc1nn2c(C)cc(C)nc2c1S(=O)(=O)c1cccc(C)c1.CCSc1nn2c(C)cc(C)nc2c1S(=O)(=O)c1cccc(F)c1.COc1nn2c(C)cc(C)nc2c1S(=O)(=O)c1cccc(F)c1.CSc1nn2c(C)cc(C)nc2c1S(=O)(=O)c1cccc(Cl)c1. The molecule has 0 aliphatic heterocycles. The predicted octanol–water partition coefficient (Wildman–Crippen LogP) is 15.6. The molecule has 0 N–H and O–H groups in total. The molecule has 0 aliphatic carbocycles. The molecule has 0 unspecified atom stereocenters. The first kappa shape index (κ1) is 88.5. The van der Waals surface area contributed by atoms with Crippen molar-refractivity contribution < 1.29 is 64.7 Å². The zero-order valence-electron chi connectivity index (χ0n) is 66.4. The molecule has 10 aromatic heterocycles. The Kier molecular flexibility index (Phi) is 26.8. The molecule has 0 radical (unpaired) electrons. The number of rotatable bonds is 18. The number of hydrogen-bond donors (Lipinski definition) is 0. The van der Waals surface area contributed by atoms with Crippen molar-refractivity contribution in [2.45, 2.75) is 161 Å². The fourth-order valence-corrected chi connectivity index (χ4v) is 23.2. The van der Waals surface area contributed by atoms with Crippen LogP contribution in [-0.4, -0.2) is 147 Å². The minimum absolute atomic E-state index is 0.0111. The summed E-state index contributed by atoms with van der Waals surface area (Å²) < 4.78 is 189. The molecule has 118 heavy (non-hydrogen) atoms. The lowest BCUT2D eigenvalue weighted by atomic mass is 10.2. The zero-order chi connectivity index (χ0) is 86.0. The molecule has 39 heteroatoms. The molecule has 0 spiro atoms. The summed E-state index contributed by atoms with van der Waals surface area (Å²) in [7, 11) is -18.1. The summed E-state index contributed by atoms with van der Waals surface area (Å²) in [6.07, 6.45) is 1.79. The molecule has 0 atom stereocenters. The van der Waals surface area contributed by atoms with Crippen molar-refractivity contribution in [1.82, 2.24) is 73.0 Å². The van der Waals surface area contributed by atoms with Crippen molar-refractivity contribution in [3.63, 3.8) is 0 Å². The molecule has 10 heterocycles. The highest BCUT2D eigenvalue weighted by molar-refractivity contribution is 8.01. The highest BCUT2D eigenvalue weighted by atomic mass is 35.5. The van der Waals surface area contributed by atoms with Crippen LogP contribution >= 0.6 is 46.9 Å². The van der Waals surface area contributed by atoms with Crippen molar-refractivity contribution in [1.29, 1.82) is 0 Å². The van der Waals surface area contributed by atoms with Crippen LogP contribution in [0.5, 0.6) is 11.8 Å². The van der Waals surface area contributed by atoms with Crippen LogP contribution in [0.2, 0.25) is 5.02 Å². The Morgan fingerprint density at radius 2 is 0.669 bits per heavy atom. The van der Waals surface area contributed by atoms with Crippen molar-refractivity contribution in [3.05, 3.63) is 237 Å². The summed E-state index contributed by atoms with van der Waals surface area (Å²) in [5.74, 6) is -0.437. The van der Waals surface area contributed by atoms with Crippen LogP contribution in [0.3, 0.4) is 0 Å². The number of fused-ring (bicyclic) bond motifs is 5. The highest BCUT2D eigenvalue weighted by Crippen LogP contribution is 2.40. The third-order valence-electron chi connectivity index (χ3n) is 17.4. The number of methoxy groups -OCH3 is 1. The van der Waals surface area contributed by atoms with Crippen LogP contribution in [-0.2, 0) is 49.2 Å². The molecule has 0 saturated carbocycles. The van der Waals surface area contributed by atoms with Gasteiger partial charge in [-0.05, 0) is 228 Å². The molecule has 27 nitrogen and oxygen atoms in total. The van der Waals surface area contributed by atoms with Gasteiger partial charge in [0.1, 0.15) is 32.5 Å². The summed E-state index contributed by atoms with van der Waals surface area (Å²) >= 11 is 9.97. The number of halogens is 4. The van der Waals surface area contributed by atoms with E-state index in [-0.39, 0.29) is 84.3 Å². The van der Waals surface area contributed by atoms with E-state index in [1.165, 1.54) is 117 Å². The van der Waals surface area contributed by atoms with Gasteiger partial charge < -0.3 is 9.47 Å². The predicted molar refractivity (Wildman–Crippen MR) is 444 cm³/mol. The molecule has 0 fully saturated rings. The number of aryl methyl sites for hydroxylation is 11. The maximum Gasteiger partial charge on any atom is 0.255 e. The summed E-state index contributed by atoms with van der Waals surface area (Å²) in [6, 6.07) is 36.7. The summed E-state index contributed by atoms with van der Waals surface area (Å²) in [4.78, 5) is 22.0. The van der Waals surface area contributed by atoms with Crippen LogP contribution in [0.1, 0.15) is 83.3 Å². The van der Waals surface area contributed by atoms with Crippen molar-refractivity contribution in [2.24, 2.45) is 0 Å². The Balaban J connectivity index is 0.000000145. The van der Waals surface area contributed by atoms with E-state index in [1.807, 2.05) is 79.7 Å². The van der Waals surface area contributed by atoms with Crippen molar-refractivity contribution in [3.8, 4) is 11.8 Å². The lowest BCUT2D eigenvalue weighted by molar-refractivity contribution is 0.317. The van der Waals surface area contributed by atoms with E-state index in [9.17, 15) is 55.3 Å². The van der Waals surface area contributed by atoms with Gasteiger partial charge in [-0.25, -0.2) is 103 Å². The number of nitrogens with zero attached hydrogens (tertiary/aromatic N) is 15. The Bertz CT molecular complexity index is 6700. The molecule has 0 bridgehead atoms. The summed E-state index contributed by atoms with van der Waals surface area (Å²) in [5, 5.41) is 23.3. The highest BCUT2D eigenvalue weighted by Gasteiger charge is 2.36. The monoisotopic (exact) mass is 1780 g/mol. The van der Waals surface area contributed by atoms with Gasteiger partial charge >= 0.3 is 0 Å². The Morgan fingerprint density at radius 3 is 1.03 bits per heavy atom. The van der Waals surface area contributed by atoms with Gasteiger partial charge in [-0.1, -0.05) is 55.8 Å². The lowest BCUT2D eigenvalue weighted by Crippen LogP contribution is -2.06. The summed E-state index contributed by atoms with van der Waals surface area (Å²) in [5.41, 5.74) is 9.71. The van der Waals surface area contributed by atoms with Crippen LogP contribution in [0.15, 0.2) is 216 Å². The Morgan fingerprint density at radius 1 is 0.356 bits per heavy atom. The normalized spacial score (nSPS) is 11.9. The maximum atomic E-state index is 13.5. The van der Waals surface area contributed by atoms with Gasteiger partial charge in [0.25, 0.3) is 11.8 Å². The van der Waals surface area contributed by atoms with Crippen LogP contribution < -0.4 is 9.47 Å². The van der Waals surface area contributed by atoms with E-state index in [4.69, 9.17) is 21.1 Å². The van der Waals surface area contributed by atoms with Gasteiger partial charge in [-0.3, -0.25) is 0 Å². The van der Waals surface area contributed by atoms with E-state index in [0.717, 1.165) is 69.7 Å². The van der Waals surface area contributed by atoms with Crippen molar-refractivity contribution >= 4 is 124 Å². The fourth-order valence-electron chi connectivity index (χ4n) is 12.4. The van der Waals surface area contributed by atoms with Gasteiger partial charge in [0.05, 0.1) is 38.2 Å². The van der Waals surface area contributed by atoms with E-state index < -0.39 is 66.6 Å². The van der Waals surface area contributed by atoms with Gasteiger partial charge in [-0.15, -0.1) is 45.5 Å². The number of thioether (sulfide) groups is 3. The van der Waals surface area contributed by atoms with E-state index >= 15 is 0 Å². The molecule has 0 saturated heterocycles. The molecule has 618 valence electrons. The van der Waals surface area contributed by atoms with E-state index in [2.05, 4.69) is 50.4 Å². The number of aromatic nitrogens is 15. The summed E-state index contributed by atoms with van der Waals surface area (Å²) in [6.45, 7) is 26.0. The standard InChI is InChI=1S/C17H19N3O2S2.C16H16FN3O3S.C16H16FN3O2S2.C15H14ClN3O2S2.C15H14FN3O3S/c1-5-23-17-15(16-18-12(3)10-13(4)20(16)19-17)24(21,22)14-8-6-7-11(2)9-14;1-4-23-16-14(15-18-10(2)9-11(3)20(15)19-16)24(21,22)13-7-5-12(17)6-8-13;1-4-23-16-14(15-18-10(2)8-11(3)20(15)19-16)24(21,22)13-7-5-6-12(17)9-13;2*1-9-7-10(2)19-14(17-9)13(15(18-19)22-3)23(20,21)12-6-4-5-11(16)8-12/h6-10H,5H2,1-4H3;2*5-9H,4H2,1-3H3;2*4-8H,1-3H3. The molecule has 15 aromatic rings. The minimum atomic E-state index is -4.03. The molecule has 5 aromatic carbocycles. The first-order valence-electron chi connectivity index (χ1n) is 35.9. The van der Waals surface area contributed by atoms with Gasteiger partial charge in [0, 0.05) is 62.0 Å². The quantitative estimate of drug-likeness (QED) is 0.0569. The molecule has 15 rings (SSSR count). The molecular weight excluding hydrogens is 1700 g/mol. The average molecular weight is 1780 g/mol. The number of benzene rings is 5. The molecule has 0 amide bonds. The second kappa shape index (κ2) is 35.7. The van der Waals surface area contributed by atoms with Gasteiger partial charge in [0.2, 0.25) is 49.2 Å². The molecule has 0 aliphatic rings. The van der Waals surface area contributed by atoms with Gasteiger partial charge in [-0.2, -0.15) is 15.3 Å². The maximum absolute atomic E-state index is 13.5. The van der Waals surface area contributed by atoms with Crippen LogP contribution in [0.25, 0.3) is 28.2 Å². The van der Waals surface area contributed by atoms with E-state index in [1.54, 1.807) is 99.3 Å². The average Bonchev–Trinajstić information content (AvgIpc) is 1.62. The number of sulfone groups is 5. The number of ether oxygens (including phenoxy) is 2. The second-order valence-corrected chi connectivity index (χ2v) is 39.6. The Hall–Kier alpha value is -10.3. The largest absolute Gasteiger partial charge is 0.479 e. The first-order chi connectivity index (χ1) is 55.7. The topological polar surface area (TPSA) is 340 Å². The van der Waals surface area contributed by atoms with Gasteiger partial charge in [0.15, 0.2) is 52.7 Å². The fraction of sp³-hybridized carbons (Fsp3) is 0.241. The molecular formula is C79H79ClF3N15O12S8. The minimum Gasteiger partial charge on any atom is -0.479 e. The second-order valence-electron chi connectivity index (χ2n) is 26.4.